The molecule has 0 radical (unpaired) electrons. The molecule has 150 valence electrons. The van der Waals surface area contributed by atoms with Crippen molar-refractivity contribution in [3.63, 3.8) is 0 Å². The Morgan fingerprint density at radius 2 is 1.76 bits per heavy atom. The van der Waals surface area contributed by atoms with Crippen molar-refractivity contribution < 1.29 is 4.39 Å². The van der Waals surface area contributed by atoms with Gasteiger partial charge >= 0.3 is 0 Å². The van der Waals surface area contributed by atoms with Crippen LogP contribution in [0.1, 0.15) is 49.4 Å². The molecule has 1 heterocycles. The summed E-state index contributed by atoms with van der Waals surface area (Å²) in [5.74, 6) is 2.32. The van der Waals surface area contributed by atoms with Gasteiger partial charge in [-0.1, -0.05) is 43.2 Å². The smallest absolute Gasteiger partial charge is 0.232 e. The minimum absolute atomic E-state index is 0.199. The number of aromatic nitrogens is 3. The van der Waals surface area contributed by atoms with Crippen molar-refractivity contribution in [2.24, 2.45) is 5.92 Å². The summed E-state index contributed by atoms with van der Waals surface area (Å²) in [7, 11) is 0. The molecule has 1 saturated carbocycles. The molecule has 0 aliphatic heterocycles. The zero-order chi connectivity index (χ0) is 20.1. The Morgan fingerprint density at radius 1 is 0.966 bits per heavy atom. The molecule has 29 heavy (non-hydrogen) atoms. The minimum atomic E-state index is -0.285. The number of nitrogen functional groups attached to an aromatic ring is 1. The van der Waals surface area contributed by atoms with Crippen molar-refractivity contribution in [1.82, 2.24) is 15.0 Å². The quantitative estimate of drug-likeness (QED) is 0.601. The van der Waals surface area contributed by atoms with Crippen LogP contribution in [0.15, 0.2) is 54.6 Å². The first-order valence-corrected chi connectivity index (χ1v) is 10.2. The van der Waals surface area contributed by atoms with Gasteiger partial charge in [0.15, 0.2) is 0 Å². The Labute approximate surface area is 170 Å². The highest BCUT2D eigenvalue weighted by Gasteiger charge is 2.23. The van der Waals surface area contributed by atoms with Crippen molar-refractivity contribution in [2.45, 2.75) is 44.4 Å². The molecule has 1 fully saturated rings. The molecular formula is C23H26FN5. The molecular weight excluding hydrogens is 365 g/mol. The van der Waals surface area contributed by atoms with E-state index in [4.69, 9.17) is 5.73 Å². The number of aryl methyl sites for hydroxylation is 1. The Kier molecular flexibility index (Phi) is 5.98. The van der Waals surface area contributed by atoms with Crippen LogP contribution in [0, 0.1) is 11.7 Å². The standard InChI is InChI=1S/C23H26FN5/c24-19-10-12-20(13-11-19)26-23-28-21(27-22(25)29-23)14-9-16-5-4-8-18(15-16)17-6-2-1-3-7-17/h1-3,6-7,10-13,16,18H,4-5,8-9,14-15H2,(H3,25,26,27,28,29). The average Bonchev–Trinajstić information content (AvgIpc) is 2.74. The predicted octanol–water partition coefficient (Wildman–Crippen LogP) is 5.24. The third kappa shape index (κ3) is 5.28. The lowest BCUT2D eigenvalue weighted by atomic mass is 9.76. The molecule has 0 spiro atoms. The molecule has 0 saturated heterocycles. The van der Waals surface area contributed by atoms with Crippen LogP contribution in [0.25, 0.3) is 0 Å². The predicted molar refractivity (Wildman–Crippen MR) is 113 cm³/mol. The van der Waals surface area contributed by atoms with E-state index >= 15 is 0 Å². The van der Waals surface area contributed by atoms with Crippen molar-refractivity contribution in [3.8, 4) is 0 Å². The number of hydrogen-bond acceptors (Lipinski definition) is 5. The summed E-state index contributed by atoms with van der Waals surface area (Å²) >= 11 is 0. The topological polar surface area (TPSA) is 76.7 Å². The van der Waals surface area contributed by atoms with Crippen LogP contribution >= 0.6 is 0 Å². The summed E-state index contributed by atoms with van der Waals surface area (Å²) in [5, 5.41) is 3.07. The maximum absolute atomic E-state index is 13.1. The highest BCUT2D eigenvalue weighted by Crippen LogP contribution is 2.37. The largest absolute Gasteiger partial charge is 0.368 e. The Morgan fingerprint density at radius 3 is 2.55 bits per heavy atom. The summed E-state index contributed by atoms with van der Waals surface area (Å²) in [5.41, 5.74) is 8.04. The number of nitrogens with zero attached hydrogens (tertiary/aromatic N) is 3. The van der Waals surface area contributed by atoms with Gasteiger partial charge < -0.3 is 11.1 Å². The summed E-state index contributed by atoms with van der Waals surface area (Å²) in [6.07, 6.45) is 6.82. The maximum Gasteiger partial charge on any atom is 0.232 e. The van der Waals surface area contributed by atoms with Crippen LogP contribution in [0.2, 0.25) is 0 Å². The second-order valence-electron chi connectivity index (χ2n) is 7.74. The molecule has 0 bridgehead atoms. The Bertz CT molecular complexity index is 930. The second-order valence-corrected chi connectivity index (χ2v) is 7.74. The van der Waals surface area contributed by atoms with Gasteiger partial charge in [-0.15, -0.1) is 0 Å². The average molecular weight is 391 g/mol. The number of nitrogens with two attached hydrogens (primary N) is 1. The molecule has 2 aromatic carbocycles. The molecule has 2 atom stereocenters. The lowest BCUT2D eigenvalue weighted by Gasteiger charge is -2.29. The second kappa shape index (κ2) is 8.99. The molecule has 3 aromatic rings. The molecule has 6 heteroatoms. The first kappa shape index (κ1) is 19.3. The zero-order valence-corrected chi connectivity index (χ0v) is 16.4. The van der Waals surface area contributed by atoms with Crippen molar-refractivity contribution >= 4 is 17.6 Å². The highest BCUT2D eigenvalue weighted by molar-refractivity contribution is 5.53. The number of halogens is 1. The third-order valence-electron chi connectivity index (χ3n) is 5.63. The van der Waals surface area contributed by atoms with E-state index in [1.165, 1.54) is 43.4 Å². The van der Waals surface area contributed by atoms with Crippen LogP contribution in [-0.2, 0) is 6.42 Å². The fourth-order valence-electron chi connectivity index (χ4n) is 4.18. The van der Waals surface area contributed by atoms with Gasteiger partial charge in [0.1, 0.15) is 11.6 Å². The number of benzene rings is 2. The summed E-state index contributed by atoms with van der Waals surface area (Å²) in [6, 6.07) is 16.9. The fraction of sp³-hybridized carbons (Fsp3) is 0.348. The van der Waals surface area contributed by atoms with E-state index in [0.29, 0.717) is 29.3 Å². The molecule has 5 nitrogen and oxygen atoms in total. The first-order chi connectivity index (χ1) is 14.2. The van der Waals surface area contributed by atoms with E-state index in [1.54, 1.807) is 12.1 Å². The van der Waals surface area contributed by atoms with Gasteiger partial charge in [0.05, 0.1) is 0 Å². The Hall–Kier alpha value is -3.02. The summed E-state index contributed by atoms with van der Waals surface area (Å²) in [4.78, 5) is 13.0. The van der Waals surface area contributed by atoms with E-state index in [0.717, 1.165) is 12.8 Å². The van der Waals surface area contributed by atoms with Crippen LogP contribution < -0.4 is 11.1 Å². The first-order valence-electron chi connectivity index (χ1n) is 10.2. The van der Waals surface area contributed by atoms with Gasteiger partial charge in [-0.2, -0.15) is 15.0 Å². The number of hydrogen-bond donors (Lipinski definition) is 2. The highest BCUT2D eigenvalue weighted by atomic mass is 19.1. The molecule has 3 N–H and O–H groups in total. The normalized spacial score (nSPS) is 19.1. The minimum Gasteiger partial charge on any atom is -0.368 e. The number of nitrogens with one attached hydrogen (secondary N) is 1. The van der Waals surface area contributed by atoms with Crippen molar-refractivity contribution in [3.05, 3.63) is 71.8 Å². The third-order valence-corrected chi connectivity index (χ3v) is 5.63. The lowest BCUT2D eigenvalue weighted by molar-refractivity contribution is 0.305. The monoisotopic (exact) mass is 391 g/mol. The Balaban J connectivity index is 1.38. The van der Waals surface area contributed by atoms with Gasteiger partial charge in [0.2, 0.25) is 11.9 Å². The summed E-state index contributed by atoms with van der Waals surface area (Å²) in [6.45, 7) is 0. The molecule has 0 amide bonds. The van der Waals surface area contributed by atoms with Crippen molar-refractivity contribution in [2.75, 3.05) is 11.1 Å². The fourth-order valence-corrected chi connectivity index (χ4v) is 4.18. The van der Waals surface area contributed by atoms with Gasteiger partial charge in [-0.3, -0.25) is 0 Å². The number of rotatable bonds is 6. The van der Waals surface area contributed by atoms with E-state index in [1.807, 2.05) is 0 Å². The van der Waals surface area contributed by atoms with E-state index in [9.17, 15) is 4.39 Å². The van der Waals surface area contributed by atoms with Gasteiger partial charge in [-0.25, -0.2) is 4.39 Å². The molecule has 4 rings (SSSR count). The van der Waals surface area contributed by atoms with Crippen LogP contribution in [0.3, 0.4) is 0 Å². The van der Waals surface area contributed by atoms with Gasteiger partial charge in [-0.05, 0) is 60.9 Å². The van der Waals surface area contributed by atoms with E-state index in [2.05, 4.69) is 50.6 Å². The van der Waals surface area contributed by atoms with Gasteiger partial charge in [0, 0.05) is 12.1 Å². The summed E-state index contributed by atoms with van der Waals surface area (Å²) < 4.78 is 13.1. The number of anilines is 3. The van der Waals surface area contributed by atoms with E-state index in [-0.39, 0.29) is 11.8 Å². The van der Waals surface area contributed by atoms with E-state index < -0.39 is 0 Å². The maximum atomic E-state index is 13.1. The van der Waals surface area contributed by atoms with Crippen molar-refractivity contribution in [1.29, 1.82) is 0 Å². The molecule has 1 aliphatic carbocycles. The van der Waals surface area contributed by atoms with Crippen LogP contribution in [0.5, 0.6) is 0 Å². The van der Waals surface area contributed by atoms with Crippen LogP contribution in [0.4, 0.5) is 22.0 Å². The lowest BCUT2D eigenvalue weighted by Crippen LogP contribution is -2.16. The zero-order valence-electron chi connectivity index (χ0n) is 16.4. The SMILES string of the molecule is Nc1nc(CCC2CCCC(c3ccccc3)C2)nc(Nc2ccc(F)cc2)n1. The molecule has 1 aromatic heterocycles. The molecule has 2 unspecified atom stereocenters. The van der Waals surface area contributed by atoms with Gasteiger partial charge in [0.25, 0.3) is 0 Å². The molecule has 1 aliphatic rings. The van der Waals surface area contributed by atoms with Crippen LogP contribution in [-0.4, -0.2) is 15.0 Å².